The van der Waals surface area contributed by atoms with Crippen LogP contribution in [0.15, 0.2) is 0 Å². The molecule has 76 valence electrons. The molecule has 1 aliphatic heterocycles. The number of carbonyl (C=O) groups excluding carboxylic acids is 1. The fourth-order valence-electron chi connectivity index (χ4n) is 1.44. The third-order valence-electron chi connectivity index (χ3n) is 2.17. The van der Waals surface area contributed by atoms with Gasteiger partial charge in [0, 0.05) is 6.61 Å². The molecule has 4 heteroatoms. The van der Waals surface area contributed by atoms with Crippen LogP contribution in [-0.2, 0) is 14.3 Å². The molecule has 0 spiro atoms. The van der Waals surface area contributed by atoms with Crippen molar-refractivity contribution >= 4 is 5.97 Å². The van der Waals surface area contributed by atoms with Crippen LogP contribution < -0.4 is 5.73 Å². The summed E-state index contributed by atoms with van der Waals surface area (Å²) >= 11 is 0. The van der Waals surface area contributed by atoms with Crippen molar-refractivity contribution < 1.29 is 14.3 Å². The molecule has 2 unspecified atom stereocenters. The molecule has 1 aliphatic rings. The average Bonchev–Trinajstić information content (AvgIpc) is 2.18. The van der Waals surface area contributed by atoms with E-state index in [1.807, 2.05) is 0 Å². The molecular weight excluding hydrogens is 170 g/mol. The van der Waals surface area contributed by atoms with Crippen LogP contribution in [0.25, 0.3) is 0 Å². The summed E-state index contributed by atoms with van der Waals surface area (Å²) in [7, 11) is 0. The number of hydrogen-bond acceptors (Lipinski definition) is 4. The largest absolute Gasteiger partial charge is 0.465 e. The van der Waals surface area contributed by atoms with Gasteiger partial charge in [-0.2, -0.15) is 0 Å². The van der Waals surface area contributed by atoms with Crippen molar-refractivity contribution in [3.8, 4) is 0 Å². The van der Waals surface area contributed by atoms with Crippen molar-refractivity contribution in [3.63, 3.8) is 0 Å². The van der Waals surface area contributed by atoms with Gasteiger partial charge in [0.2, 0.25) is 0 Å². The molecule has 0 amide bonds. The highest BCUT2D eigenvalue weighted by molar-refractivity contribution is 5.76. The van der Waals surface area contributed by atoms with Crippen molar-refractivity contribution in [1.29, 1.82) is 0 Å². The van der Waals surface area contributed by atoms with Crippen LogP contribution in [0.4, 0.5) is 0 Å². The lowest BCUT2D eigenvalue weighted by atomic mass is 10.0. The van der Waals surface area contributed by atoms with Crippen molar-refractivity contribution in [2.45, 2.75) is 38.3 Å². The van der Waals surface area contributed by atoms with Crippen LogP contribution in [0.5, 0.6) is 0 Å². The minimum absolute atomic E-state index is 0.146. The van der Waals surface area contributed by atoms with Gasteiger partial charge >= 0.3 is 5.97 Å². The zero-order valence-electron chi connectivity index (χ0n) is 7.99. The second kappa shape index (κ2) is 5.19. The first kappa shape index (κ1) is 10.5. The standard InChI is InChI=1S/C9H17NO3/c1-2-12-9(11)8(10)7-5-3-4-6-13-7/h7-8H,2-6,10H2,1H3. The normalized spacial score (nSPS) is 25.2. The molecule has 1 heterocycles. The van der Waals surface area contributed by atoms with Gasteiger partial charge in [-0.15, -0.1) is 0 Å². The molecule has 1 saturated heterocycles. The summed E-state index contributed by atoms with van der Waals surface area (Å²) in [6.07, 6.45) is 2.86. The Morgan fingerprint density at radius 1 is 1.69 bits per heavy atom. The fourth-order valence-corrected chi connectivity index (χ4v) is 1.44. The molecular formula is C9H17NO3. The van der Waals surface area contributed by atoms with E-state index in [-0.39, 0.29) is 12.1 Å². The van der Waals surface area contributed by atoms with Crippen LogP contribution in [0.1, 0.15) is 26.2 Å². The van der Waals surface area contributed by atoms with Gasteiger partial charge in [-0.05, 0) is 26.2 Å². The van der Waals surface area contributed by atoms with E-state index in [0.717, 1.165) is 19.3 Å². The highest BCUT2D eigenvalue weighted by atomic mass is 16.5. The number of carbonyl (C=O) groups is 1. The second-order valence-electron chi connectivity index (χ2n) is 3.18. The molecule has 0 saturated carbocycles. The van der Waals surface area contributed by atoms with Gasteiger partial charge in [0.05, 0.1) is 12.7 Å². The van der Waals surface area contributed by atoms with E-state index in [4.69, 9.17) is 15.2 Å². The molecule has 4 nitrogen and oxygen atoms in total. The predicted octanol–water partition coefficient (Wildman–Crippen LogP) is 0.446. The molecule has 2 N–H and O–H groups in total. The van der Waals surface area contributed by atoms with Crippen LogP contribution >= 0.6 is 0 Å². The topological polar surface area (TPSA) is 61.5 Å². The molecule has 0 bridgehead atoms. The summed E-state index contributed by atoms with van der Waals surface area (Å²) in [4.78, 5) is 11.2. The summed E-state index contributed by atoms with van der Waals surface area (Å²) in [6, 6.07) is -0.611. The first-order chi connectivity index (χ1) is 6.25. The summed E-state index contributed by atoms with van der Waals surface area (Å²) in [5.74, 6) is -0.352. The van der Waals surface area contributed by atoms with Crippen LogP contribution in [-0.4, -0.2) is 31.3 Å². The van der Waals surface area contributed by atoms with Gasteiger partial charge in [0.1, 0.15) is 6.04 Å². The maximum Gasteiger partial charge on any atom is 0.325 e. The minimum Gasteiger partial charge on any atom is -0.465 e. The highest BCUT2D eigenvalue weighted by Crippen LogP contribution is 2.15. The van der Waals surface area contributed by atoms with Gasteiger partial charge in [0.25, 0.3) is 0 Å². The Hall–Kier alpha value is -0.610. The molecule has 1 rings (SSSR count). The molecule has 0 aromatic heterocycles. The van der Waals surface area contributed by atoms with Gasteiger partial charge in [-0.25, -0.2) is 0 Å². The maximum absolute atomic E-state index is 11.2. The monoisotopic (exact) mass is 187 g/mol. The minimum atomic E-state index is -0.611. The highest BCUT2D eigenvalue weighted by Gasteiger charge is 2.27. The van der Waals surface area contributed by atoms with E-state index in [0.29, 0.717) is 13.2 Å². The maximum atomic E-state index is 11.2. The molecule has 1 fully saturated rings. The van der Waals surface area contributed by atoms with Crippen LogP contribution in [0, 0.1) is 0 Å². The lowest BCUT2D eigenvalue weighted by Gasteiger charge is -2.26. The number of rotatable bonds is 3. The first-order valence-electron chi connectivity index (χ1n) is 4.79. The Morgan fingerprint density at radius 3 is 3.00 bits per heavy atom. The number of hydrogen-bond donors (Lipinski definition) is 1. The van der Waals surface area contributed by atoms with E-state index in [1.54, 1.807) is 6.92 Å². The summed E-state index contributed by atoms with van der Waals surface area (Å²) in [5.41, 5.74) is 5.68. The van der Waals surface area contributed by atoms with Crippen LogP contribution in [0.2, 0.25) is 0 Å². The van der Waals surface area contributed by atoms with Crippen molar-refractivity contribution in [2.75, 3.05) is 13.2 Å². The fraction of sp³-hybridized carbons (Fsp3) is 0.889. The Balaban J connectivity index is 2.35. The number of nitrogens with two attached hydrogens (primary N) is 1. The molecule has 13 heavy (non-hydrogen) atoms. The molecule has 0 aromatic rings. The van der Waals surface area contributed by atoms with Crippen molar-refractivity contribution in [1.82, 2.24) is 0 Å². The Kier molecular flexibility index (Phi) is 4.18. The van der Waals surface area contributed by atoms with Crippen LogP contribution in [0.3, 0.4) is 0 Å². The Labute approximate surface area is 78.4 Å². The Bertz CT molecular complexity index is 166. The van der Waals surface area contributed by atoms with Crippen molar-refractivity contribution in [2.24, 2.45) is 5.73 Å². The zero-order chi connectivity index (χ0) is 9.68. The van der Waals surface area contributed by atoms with Gasteiger partial charge in [0.15, 0.2) is 0 Å². The third-order valence-corrected chi connectivity index (χ3v) is 2.17. The average molecular weight is 187 g/mol. The lowest BCUT2D eigenvalue weighted by molar-refractivity contribution is -0.149. The van der Waals surface area contributed by atoms with Gasteiger partial charge in [-0.3, -0.25) is 4.79 Å². The Morgan fingerprint density at radius 2 is 2.46 bits per heavy atom. The smallest absolute Gasteiger partial charge is 0.325 e. The van der Waals surface area contributed by atoms with Gasteiger partial charge in [-0.1, -0.05) is 0 Å². The van der Waals surface area contributed by atoms with E-state index < -0.39 is 6.04 Å². The molecule has 0 aliphatic carbocycles. The molecule has 0 aromatic carbocycles. The predicted molar refractivity (Wildman–Crippen MR) is 48.2 cm³/mol. The summed E-state index contributed by atoms with van der Waals surface area (Å²) in [5, 5.41) is 0. The second-order valence-corrected chi connectivity index (χ2v) is 3.18. The van der Waals surface area contributed by atoms with E-state index >= 15 is 0 Å². The number of ether oxygens (including phenoxy) is 2. The molecule has 2 atom stereocenters. The summed E-state index contributed by atoms with van der Waals surface area (Å²) in [6.45, 7) is 2.85. The number of esters is 1. The van der Waals surface area contributed by atoms with Gasteiger partial charge < -0.3 is 15.2 Å². The lowest BCUT2D eigenvalue weighted by Crippen LogP contribution is -2.45. The third kappa shape index (κ3) is 2.97. The van der Waals surface area contributed by atoms with Crippen molar-refractivity contribution in [3.05, 3.63) is 0 Å². The first-order valence-corrected chi connectivity index (χ1v) is 4.79. The SMILES string of the molecule is CCOC(=O)C(N)C1CCCCO1. The molecule has 0 radical (unpaired) electrons. The van der Waals surface area contributed by atoms with E-state index in [1.165, 1.54) is 0 Å². The van der Waals surface area contributed by atoms with E-state index in [9.17, 15) is 4.79 Å². The van der Waals surface area contributed by atoms with E-state index in [2.05, 4.69) is 0 Å². The quantitative estimate of drug-likeness (QED) is 0.651. The zero-order valence-corrected chi connectivity index (χ0v) is 7.99. The summed E-state index contributed by atoms with van der Waals surface area (Å²) < 4.78 is 10.2.